The number of methoxy groups -OCH3 is 1. The third-order valence-electron chi connectivity index (χ3n) is 4.37. The Bertz CT molecular complexity index is 1110. The molecule has 0 fully saturated rings. The van der Waals surface area contributed by atoms with Crippen molar-refractivity contribution < 1.29 is 14.2 Å². The normalized spacial score (nSPS) is 11.3. The predicted molar refractivity (Wildman–Crippen MR) is 109 cm³/mol. The molecular weight excluding hydrogens is 356 g/mol. The highest BCUT2D eigenvalue weighted by Gasteiger charge is 2.11. The van der Waals surface area contributed by atoms with Gasteiger partial charge in [-0.1, -0.05) is 0 Å². The van der Waals surface area contributed by atoms with Crippen molar-refractivity contribution in [2.24, 2.45) is 0 Å². The van der Waals surface area contributed by atoms with E-state index in [0.717, 1.165) is 28.4 Å². The van der Waals surface area contributed by atoms with Gasteiger partial charge in [-0.2, -0.15) is 4.98 Å². The third kappa shape index (κ3) is 3.84. The lowest BCUT2D eigenvalue weighted by atomic mass is 10.2. The monoisotopic (exact) mass is 378 g/mol. The molecule has 28 heavy (non-hydrogen) atoms. The molecule has 7 nitrogen and oxygen atoms in total. The summed E-state index contributed by atoms with van der Waals surface area (Å²) in [5.41, 5.74) is 1.78. The minimum atomic E-state index is 0.284. The number of aromatic nitrogens is 3. The molecule has 4 aromatic rings. The van der Waals surface area contributed by atoms with E-state index in [9.17, 15) is 0 Å². The molecule has 144 valence electrons. The summed E-state index contributed by atoms with van der Waals surface area (Å²) in [7, 11) is 5.63. The van der Waals surface area contributed by atoms with Crippen LogP contribution in [0.1, 0.15) is 0 Å². The molecule has 0 amide bonds. The van der Waals surface area contributed by atoms with E-state index in [-0.39, 0.29) is 6.01 Å². The Morgan fingerprint density at radius 1 is 1.04 bits per heavy atom. The van der Waals surface area contributed by atoms with Gasteiger partial charge < -0.3 is 24.1 Å². The van der Waals surface area contributed by atoms with Crippen molar-refractivity contribution >= 4 is 21.8 Å². The SMILES string of the molecule is COc1cc2cnc(Oc3ccc4[nH]ccc4c3)nc2cc1OCCN(C)C. The Balaban J connectivity index is 1.61. The van der Waals surface area contributed by atoms with Crippen LogP contribution in [-0.4, -0.2) is 54.2 Å². The lowest BCUT2D eigenvalue weighted by molar-refractivity contribution is 0.251. The van der Waals surface area contributed by atoms with Gasteiger partial charge in [-0.15, -0.1) is 0 Å². The van der Waals surface area contributed by atoms with Gasteiger partial charge in [0.1, 0.15) is 12.4 Å². The van der Waals surface area contributed by atoms with Gasteiger partial charge >= 0.3 is 6.01 Å². The summed E-state index contributed by atoms with van der Waals surface area (Å²) in [5, 5.41) is 1.92. The molecule has 2 aromatic carbocycles. The van der Waals surface area contributed by atoms with Crippen molar-refractivity contribution in [1.29, 1.82) is 0 Å². The lowest BCUT2D eigenvalue weighted by Gasteiger charge is -2.14. The number of benzene rings is 2. The van der Waals surface area contributed by atoms with Crippen LogP contribution < -0.4 is 14.2 Å². The molecule has 0 aliphatic carbocycles. The molecule has 0 aliphatic heterocycles. The highest BCUT2D eigenvalue weighted by Crippen LogP contribution is 2.32. The number of hydrogen-bond donors (Lipinski definition) is 1. The first-order chi connectivity index (χ1) is 13.6. The average Bonchev–Trinajstić information content (AvgIpc) is 3.15. The van der Waals surface area contributed by atoms with Gasteiger partial charge in [-0.3, -0.25) is 0 Å². The van der Waals surface area contributed by atoms with Crippen molar-refractivity contribution in [1.82, 2.24) is 19.9 Å². The molecule has 0 bridgehead atoms. The summed E-state index contributed by atoms with van der Waals surface area (Å²) >= 11 is 0. The number of ether oxygens (including phenoxy) is 3. The number of hydrogen-bond acceptors (Lipinski definition) is 6. The van der Waals surface area contributed by atoms with Crippen molar-refractivity contribution in [3.8, 4) is 23.3 Å². The maximum atomic E-state index is 5.87. The van der Waals surface area contributed by atoms with E-state index < -0.39 is 0 Å². The first-order valence-corrected chi connectivity index (χ1v) is 9.00. The van der Waals surface area contributed by atoms with Crippen molar-refractivity contribution in [2.45, 2.75) is 0 Å². The summed E-state index contributed by atoms with van der Waals surface area (Å²) in [6, 6.07) is 11.8. The summed E-state index contributed by atoms with van der Waals surface area (Å²) in [6.07, 6.45) is 3.62. The summed E-state index contributed by atoms with van der Waals surface area (Å²) in [6.45, 7) is 1.36. The fraction of sp³-hybridized carbons (Fsp3) is 0.238. The molecule has 0 spiro atoms. The first-order valence-electron chi connectivity index (χ1n) is 9.00. The van der Waals surface area contributed by atoms with E-state index in [2.05, 4.69) is 19.9 Å². The topological polar surface area (TPSA) is 72.5 Å². The number of H-pyrrole nitrogens is 1. The van der Waals surface area contributed by atoms with E-state index in [0.29, 0.717) is 23.9 Å². The maximum absolute atomic E-state index is 5.87. The second-order valence-corrected chi connectivity index (χ2v) is 6.69. The zero-order chi connectivity index (χ0) is 19.5. The summed E-state index contributed by atoms with van der Waals surface area (Å²) in [4.78, 5) is 14.1. The van der Waals surface area contributed by atoms with E-state index in [1.807, 2.05) is 56.7 Å². The van der Waals surface area contributed by atoms with Gasteiger partial charge in [0.2, 0.25) is 0 Å². The third-order valence-corrected chi connectivity index (χ3v) is 4.37. The second-order valence-electron chi connectivity index (χ2n) is 6.69. The minimum absolute atomic E-state index is 0.284. The summed E-state index contributed by atoms with van der Waals surface area (Å²) in [5.74, 6) is 1.99. The van der Waals surface area contributed by atoms with E-state index >= 15 is 0 Å². The minimum Gasteiger partial charge on any atom is -0.493 e. The van der Waals surface area contributed by atoms with Crippen LogP contribution in [0.3, 0.4) is 0 Å². The fourth-order valence-electron chi connectivity index (χ4n) is 2.88. The molecule has 0 radical (unpaired) electrons. The molecule has 0 saturated heterocycles. The Morgan fingerprint density at radius 3 is 2.75 bits per heavy atom. The molecular formula is C21H22N4O3. The molecule has 7 heteroatoms. The number of aromatic amines is 1. The van der Waals surface area contributed by atoms with Crippen molar-refractivity contribution in [3.05, 3.63) is 48.8 Å². The molecule has 2 aromatic heterocycles. The highest BCUT2D eigenvalue weighted by molar-refractivity contribution is 5.82. The van der Waals surface area contributed by atoms with Crippen LogP contribution >= 0.6 is 0 Å². The Hall–Kier alpha value is -3.32. The maximum Gasteiger partial charge on any atom is 0.322 e. The van der Waals surface area contributed by atoms with Crippen LogP contribution in [0.15, 0.2) is 48.8 Å². The summed E-state index contributed by atoms with van der Waals surface area (Å²) < 4.78 is 17.2. The highest BCUT2D eigenvalue weighted by atomic mass is 16.5. The molecule has 0 aliphatic rings. The van der Waals surface area contributed by atoms with Crippen molar-refractivity contribution in [2.75, 3.05) is 34.4 Å². The van der Waals surface area contributed by atoms with Crippen LogP contribution in [0.5, 0.6) is 23.3 Å². The van der Waals surface area contributed by atoms with Gasteiger partial charge in [0.05, 0.1) is 12.6 Å². The Morgan fingerprint density at radius 2 is 1.93 bits per heavy atom. The first kappa shape index (κ1) is 18.1. The number of fused-ring (bicyclic) bond motifs is 2. The molecule has 1 N–H and O–H groups in total. The lowest BCUT2D eigenvalue weighted by Crippen LogP contribution is -2.19. The zero-order valence-corrected chi connectivity index (χ0v) is 16.1. The largest absolute Gasteiger partial charge is 0.493 e. The van der Waals surface area contributed by atoms with Gasteiger partial charge in [0, 0.05) is 41.3 Å². The fourth-order valence-corrected chi connectivity index (χ4v) is 2.88. The number of likely N-dealkylation sites (N-methyl/N-ethyl adjacent to an activating group) is 1. The van der Waals surface area contributed by atoms with Crippen LogP contribution in [0.25, 0.3) is 21.8 Å². The Kier molecular flexibility index (Phi) is 4.99. The number of rotatable bonds is 7. The molecule has 2 heterocycles. The average molecular weight is 378 g/mol. The second kappa shape index (κ2) is 7.74. The van der Waals surface area contributed by atoms with Crippen LogP contribution in [0.2, 0.25) is 0 Å². The molecule has 4 rings (SSSR count). The number of nitrogens with zero attached hydrogens (tertiary/aromatic N) is 3. The Labute approximate surface area is 162 Å². The van der Waals surface area contributed by atoms with E-state index in [4.69, 9.17) is 14.2 Å². The quantitative estimate of drug-likeness (QED) is 0.527. The smallest absolute Gasteiger partial charge is 0.322 e. The van der Waals surface area contributed by atoms with Gasteiger partial charge in [-0.25, -0.2) is 4.98 Å². The predicted octanol–water partition coefficient (Wildman–Crippen LogP) is 3.85. The van der Waals surface area contributed by atoms with Gasteiger partial charge in [0.25, 0.3) is 0 Å². The standard InChI is InChI=1S/C21H22N4O3/c1-25(2)8-9-27-20-12-18-15(11-19(20)26-3)13-23-21(24-18)28-16-4-5-17-14(10-16)6-7-22-17/h4-7,10-13,22H,8-9H2,1-3H3. The molecule has 0 saturated carbocycles. The van der Waals surface area contributed by atoms with E-state index in [1.165, 1.54) is 0 Å². The van der Waals surface area contributed by atoms with Crippen LogP contribution in [-0.2, 0) is 0 Å². The van der Waals surface area contributed by atoms with E-state index in [1.54, 1.807) is 13.3 Å². The zero-order valence-electron chi connectivity index (χ0n) is 16.1. The molecule has 0 unspecified atom stereocenters. The van der Waals surface area contributed by atoms with Gasteiger partial charge in [-0.05, 0) is 44.4 Å². The van der Waals surface area contributed by atoms with Crippen LogP contribution in [0.4, 0.5) is 0 Å². The van der Waals surface area contributed by atoms with Crippen LogP contribution in [0, 0.1) is 0 Å². The van der Waals surface area contributed by atoms with Gasteiger partial charge in [0.15, 0.2) is 11.5 Å². The van der Waals surface area contributed by atoms with Crippen molar-refractivity contribution in [3.63, 3.8) is 0 Å². The molecule has 0 atom stereocenters. The number of nitrogens with one attached hydrogen (secondary N) is 1.